The second-order valence-electron chi connectivity index (χ2n) is 7.63. The Kier molecular flexibility index (Phi) is 5.72. The standard InChI is InChI=1S/C20H30N2O3S/c1-4-26(24,25)21-11-5-7-18(14-21)20(23)22-12-6-8-19(22)17-10-9-15(2)16(3)13-17/h9-10,13,18-19H,4-8,11-12,14H2,1-3H3. The smallest absolute Gasteiger partial charge is 0.227 e. The van der Waals surface area contributed by atoms with Crippen LogP contribution in [0.4, 0.5) is 0 Å². The summed E-state index contributed by atoms with van der Waals surface area (Å²) in [7, 11) is -3.22. The predicted molar refractivity (Wildman–Crippen MR) is 103 cm³/mol. The van der Waals surface area contributed by atoms with Crippen molar-refractivity contribution in [1.29, 1.82) is 0 Å². The third-order valence-corrected chi connectivity index (χ3v) is 7.79. The van der Waals surface area contributed by atoms with Crippen LogP contribution in [0.5, 0.6) is 0 Å². The molecule has 26 heavy (non-hydrogen) atoms. The van der Waals surface area contributed by atoms with E-state index in [4.69, 9.17) is 0 Å². The molecule has 0 bridgehead atoms. The molecule has 0 spiro atoms. The first kappa shape index (κ1) is 19.4. The SMILES string of the molecule is CCS(=O)(=O)N1CCCC(C(=O)N2CCCC2c2ccc(C)c(C)c2)C1. The first-order valence-electron chi connectivity index (χ1n) is 9.69. The Hall–Kier alpha value is -1.40. The lowest BCUT2D eigenvalue weighted by Crippen LogP contribution is -2.46. The summed E-state index contributed by atoms with van der Waals surface area (Å²) in [6, 6.07) is 6.58. The van der Waals surface area contributed by atoms with Crippen LogP contribution in [-0.4, -0.2) is 48.9 Å². The van der Waals surface area contributed by atoms with E-state index in [0.717, 1.165) is 32.2 Å². The minimum atomic E-state index is -3.22. The van der Waals surface area contributed by atoms with E-state index in [1.54, 1.807) is 6.92 Å². The van der Waals surface area contributed by atoms with Crippen LogP contribution >= 0.6 is 0 Å². The lowest BCUT2D eigenvalue weighted by atomic mass is 9.95. The molecule has 0 aliphatic carbocycles. The maximum Gasteiger partial charge on any atom is 0.227 e. The highest BCUT2D eigenvalue weighted by Crippen LogP contribution is 2.35. The molecule has 1 amide bonds. The normalized spacial score (nSPS) is 24.8. The van der Waals surface area contributed by atoms with Crippen molar-refractivity contribution in [2.75, 3.05) is 25.4 Å². The zero-order valence-corrected chi connectivity index (χ0v) is 16.9. The van der Waals surface area contributed by atoms with Gasteiger partial charge in [0.25, 0.3) is 0 Å². The summed E-state index contributed by atoms with van der Waals surface area (Å²) in [5.41, 5.74) is 3.71. The van der Waals surface area contributed by atoms with Gasteiger partial charge in [0, 0.05) is 19.6 Å². The van der Waals surface area contributed by atoms with Gasteiger partial charge in [-0.1, -0.05) is 18.2 Å². The number of sulfonamides is 1. The third kappa shape index (κ3) is 3.81. The van der Waals surface area contributed by atoms with Crippen LogP contribution in [0.15, 0.2) is 18.2 Å². The number of amides is 1. The van der Waals surface area contributed by atoms with Gasteiger partial charge in [-0.05, 0) is 63.1 Å². The average Bonchev–Trinajstić information content (AvgIpc) is 3.13. The zero-order valence-electron chi connectivity index (χ0n) is 16.1. The quantitative estimate of drug-likeness (QED) is 0.809. The molecule has 5 nitrogen and oxygen atoms in total. The molecule has 3 rings (SSSR count). The van der Waals surface area contributed by atoms with E-state index in [-0.39, 0.29) is 23.6 Å². The molecular weight excluding hydrogens is 348 g/mol. The minimum absolute atomic E-state index is 0.100. The number of benzene rings is 1. The van der Waals surface area contributed by atoms with Crippen molar-refractivity contribution in [3.63, 3.8) is 0 Å². The Labute approximate surface area is 157 Å². The molecule has 1 aromatic rings. The van der Waals surface area contributed by atoms with E-state index in [1.165, 1.54) is 21.0 Å². The fraction of sp³-hybridized carbons (Fsp3) is 0.650. The Morgan fingerprint density at radius 2 is 1.85 bits per heavy atom. The number of piperidine rings is 1. The van der Waals surface area contributed by atoms with Crippen molar-refractivity contribution < 1.29 is 13.2 Å². The Balaban J connectivity index is 1.76. The summed E-state index contributed by atoms with van der Waals surface area (Å²) in [5, 5.41) is 0. The maximum absolute atomic E-state index is 13.2. The molecule has 0 radical (unpaired) electrons. The van der Waals surface area contributed by atoms with Crippen molar-refractivity contribution in [3.8, 4) is 0 Å². The number of nitrogens with zero attached hydrogens (tertiary/aromatic N) is 2. The van der Waals surface area contributed by atoms with Gasteiger partial charge in [0.2, 0.25) is 15.9 Å². The molecule has 144 valence electrons. The number of carbonyl (C=O) groups excluding carboxylic acids is 1. The Morgan fingerprint density at radius 1 is 1.12 bits per heavy atom. The van der Waals surface area contributed by atoms with E-state index in [1.807, 2.05) is 4.90 Å². The van der Waals surface area contributed by atoms with Gasteiger partial charge >= 0.3 is 0 Å². The highest BCUT2D eigenvalue weighted by Gasteiger charge is 2.37. The molecule has 2 atom stereocenters. The number of aryl methyl sites for hydroxylation is 2. The van der Waals surface area contributed by atoms with Gasteiger partial charge in [-0.15, -0.1) is 0 Å². The number of hydrogen-bond acceptors (Lipinski definition) is 3. The molecule has 2 saturated heterocycles. The summed E-state index contributed by atoms with van der Waals surface area (Å²) in [6.45, 7) is 7.52. The third-order valence-electron chi connectivity index (χ3n) is 5.94. The summed E-state index contributed by atoms with van der Waals surface area (Å²) >= 11 is 0. The average molecular weight is 379 g/mol. The molecule has 2 unspecified atom stereocenters. The molecule has 2 fully saturated rings. The van der Waals surface area contributed by atoms with E-state index >= 15 is 0 Å². The molecule has 2 heterocycles. The number of likely N-dealkylation sites (tertiary alicyclic amines) is 1. The molecular formula is C20H30N2O3S. The zero-order chi connectivity index (χ0) is 18.9. The first-order chi connectivity index (χ1) is 12.3. The Morgan fingerprint density at radius 3 is 2.54 bits per heavy atom. The number of hydrogen-bond donors (Lipinski definition) is 0. The molecule has 0 aromatic heterocycles. The maximum atomic E-state index is 13.2. The van der Waals surface area contributed by atoms with Crippen molar-refractivity contribution in [2.24, 2.45) is 5.92 Å². The lowest BCUT2D eigenvalue weighted by molar-refractivity contribution is -0.137. The fourth-order valence-electron chi connectivity index (χ4n) is 4.16. The Bertz CT molecular complexity index is 775. The monoisotopic (exact) mass is 378 g/mol. The van der Waals surface area contributed by atoms with E-state index < -0.39 is 10.0 Å². The van der Waals surface area contributed by atoms with E-state index in [2.05, 4.69) is 32.0 Å². The first-order valence-corrected chi connectivity index (χ1v) is 11.3. The van der Waals surface area contributed by atoms with Crippen LogP contribution in [0.2, 0.25) is 0 Å². The van der Waals surface area contributed by atoms with Gasteiger partial charge in [-0.2, -0.15) is 0 Å². The summed E-state index contributed by atoms with van der Waals surface area (Å²) < 4.78 is 25.9. The minimum Gasteiger partial charge on any atom is -0.335 e. The van der Waals surface area contributed by atoms with Gasteiger partial charge in [0.05, 0.1) is 17.7 Å². The summed E-state index contributed by atoms with van der Waals surface area (Å²) in [4.78, 5) is 15.2. The van der Waals surface area contributed by atoms with Gasteiger partial charge in [-0.3, -0.25) is 4.79 Å². The van der Waals surface area contributed by atoms with Crippen LogP contribution in [0.25, 0.3) is 0 Å². The predicted octanol–water partition coefficient (Wildman–Crippen LogP) is 3.03. The van der Waals surface area contributed by atoms with Crippen LogP contribution in [0.3, 0.4) is 0 Å². The van der Waals surface area contributed by atoms with Crippen LogP contribution in [-0.2, 0) is 14.8 Å². The van der Waals surface area contributed by atoms with Gasteiger partial charge in [0.15, 0.2) is 0 Å². The highest BCUT2D eigenvalue weighted by atomic mass is 32.2. The molecule has 1 aromatic carbocycles. The van der Waals surface area contributed by atoms with Gasteiger partial charge < -0.3 is 4.90 Å². The van der Waals surface area contributed by atoms with Crippen molar-refractivity contribution in [1.82, 2.24) is 9.21 Å². The molecule has 6 heteroatoms. The van der Waals surface area contributed by atoms with Crippen LogP contribution < -0.4 is 0 Å². The molecule has 0 saturated carbocycles. The lowest BCUT2D eigenvalue weighted by Gasteiger charge is -2.35. The van der Waals surface area contributed by atoms with Crippen molar-refractivity contribution in [2.45, 2.75) is 52.5 Å². The second kappa shape index (κ2) is 7.69. The van der Waals surface area contributed by atoms with Crippen LogP contribution in [0, 0.1) is 19.8 Å². The summed E-state index contributed by atoms with van der Waals surface area (Å²) in [5.74, 6) is 0.0158. The van der Waals surface area contributed by atoms with E-state index in [9.17, 15) is 13.2 Å². The molecule has 0 N–H and O–H groups in total. The molecule has 2 aliphatic heterocycles. The van der Waals surface area contributed by atoms with E-state index in [0.29, 0.717) is 13.1 Å². The topological polar surface area (TPSA) is 57.7 Å². The summed E-state index contributed by atoms with van der Waals surface area (Å²) in [6.07, 6.45) is 3.54. The fourth-order valence-corrected chi connectivity index (χ4v) is 5.34. The van der Waals surface area contributed by atoms with Gasteiger partial charge in [0.1, 0.15) is 0 Å². The van der Waals surface area contributed by atoms with Crippen LogP contribution in [0.1, 0.15) is 55.3 Å². The van der Waals surface area contributed by atoms with Crippen molar-refractivity contribution >= 4 is 15.9 Å². The highest BCUT2D eigenvalue weighted by molar-refractivity contribution is 7.89. The molecule has 2 aliphatic rings. The van der Waals surface area contributed by atoms with Gasteiger partial charge in [-0.25, -0.2) is 12.7 Å². The van der Waals surface area contributed by atoms with Crippen molar-refractivity contribution in [3.05, 3.63) is 34.9 Å². The second-order valence-corrected chi connectivity index (χ2v) is 9.89. The number of rotatable bonds is 4. The largest absolute Gasteiger partial charge is 0.335 e. The number of carbonyl (C=O) groups is 1.